The average Bonchev–Trinajstić information content (AvgIpc) is 2.80. The maximum absolute atomic E-state index is 12.8. The Labute approximate surface area is 128 Å². The van der Waals surface area contributed by atoms with Gasteiger partial charge in [0.15, 0.2) is 0 Å². The molecule has 9 heteroatoms. The van der Waals surface area contributed by atoms with Gasteiger partial charge in [-0.05, 0) is 25.1 Å². The number of fused-ring (bicyclic) bond motifs is 3. The van der Waals surface area contributed by atoms with Crippen LogP contribution < -0.4 is 10.3 Å². The van der Waals surface area contributed by atoms with Gasteiger partial charge >= 0.3 is 18.2 Å². The number of carboxylic acids is 1. The molecule has 0 saturated heterocycles. The molecule has 2 heterocycles. The molecule has 3 rings (SSSR count). The van der Waals surface area contributed by atoms with E-state index in [0.29, 0.717) is 17.1 Å². The quantitative estimate of drug-likeness (QED) is 0.906. The van der Waals surface area contributed by atoms with Crippen LogP contribution in [0.5, 0.6) is 6.01 Å². The number of hydrogen-bond acceptors (Lipinski definition) is 4. The molecule has 2 aromatic rings. The Kier molecular flexibility index (Phi) is 3.42. The van der Waals surface area contributed by atoms with Gasteiger partial charge in [-0.1, -0.05) is 0 Å². The smallest absolute Gasteiger partial charge is 0.416 e. The molecule has 0 fully saturated rings. The minimum Gasteiger partial charge on any atom is -0.481 e. The van der Waals surface area contributed by atoms with Crippen LogP contribution in [0.1, 0.15) is 23.4 Å². The van der Waals surface area contributed by atoms with Gasteiger partial charge in [0.1, 0.15) is 0 Å². The summed E-state index contributed by atoms with van der Waals surface area (Å²) in [6.07, 6.45) is -4.33. The number of alkyl halides is 3. The molecule has 0 spiro atoms. The summed E-state index contributed by atoms with van der Waals surface area (Å²) >= 11 is 0. The minimum atomic E-state index is -4.45. The number of aryl methyl sites for hydroxylation is 1. The minimum absolute atomic E-state index is 0.0927. The molecule has 122 valence electrons. The van der Waals surface area contributed by atoms with Crippen LogP contribution in [0.3, 0.4) is 0 Å². The third-order valence-corrected chi connectivity index (χ3v) is 3.57. The van der Waals surface area contributed by atoms with Crippen molar-refractivity contribution in [2.45, 2.75) is 25.9 Å². The summed E-state index contributed by atoms with van der Waals surface area (Å²) in [6.45, 7) is 1.71. The molecule has 0 amide bonds. The van der Waals surface area contributed by atoms with Crippen molar-refractivity contribution in [1.29, 1.82) is 0 Å². The highest BCUT2D eigenvalue weighted by molar-refractivity contribution is 5.67. The van der Waals surface area contributed by atoms with Gasteiger partial charge in [0, 0.05) is 12.1 Å². The Hall–Kier alpha value is -2.71. The molecule has 1 aromatic carbocycles. The number of anilines is 1. The zero-order chi connectivity index (χ0) is 16.8. The average molecular weight is 327 g/mol. The zero-order valence-corrected chi connectivity index (χ0v) is 11.9. The Balaban J connectivity index is 2.02. The molecule has 0 aliphatic carbocycles. The molecule has 0 unspecified atom stereocenters. The van der Waals surface area contributed by atoms with Gasteiger partial charge in [0.25, 0.3) is 0 Å². The van der Waals surface area contributed by atoms with Crippen molar-refractivity contribution in [2.24, 2.45) is 0 Å². The van der Waals surface area contributed by atoms with Crippen molar-refractivity contribution in [3.63, 3.8) is 0 Å². The molecular weight excluding hydrogens is 315 g/mol. The number of benzene rings is 1. The molecule has 1 aromatic heterocycles. The molecule has 6 nitrogen and oxygen atoms in total. The van der Waals surface area contributed by atoms with Crippen LogP contribution in [0.25, 0.3) is 5.69 Å². The first kappa shape index (κ1) is 15.2. The van der Waals surface area contributed by atoms with E-state index in [2.05, 4.69) is 10.5 Å². The molecule has 0 radical (unpaired) electrons. The number of carbonyl (C=O) groups is 1. The summed E-state index contributed by atoms with van der Waals surface area (Å²) in [4.78, 5) is 20.0. The molecule has 0 atom stereocenters. The third kappa shape index (κ3) is 2.69. The van der Waals surface area contributed by atoms with Crippen molar-refractivity contribution in [2.75, 3.05) is 5.48 Å². The van der Waals surface area contributed by atoms with Crippen LogP contribution in [0.2, 0.25) is 0 Å². The molecular formula is C14H12F3N3O3. The lowest BCUT2D eigenvalue weighted by Crippen LogP contribution is -2.18. The number of nitrogens with one attached hydrogen (secondary N) is 1. The van der Waals surface area contributed by atoms with Crippen LogP contribution >= 0.6 is 0 Å². The van der Waals surface area contributed by atoms with E-state index in [-0.39, 0.29) is 24.5 Å². The second-order valence-electron chi connectivity index (χ2n) is 5.09. The summed E-state index contributed by atoms with van der Waals surface area (Å²) in [7, 11) is 0. The monoisotopic (exact) mass is 327 g/mol. The normalized spacial score (nSPS) is 12.9. The van der Waals surface area contributed by atoms with E-state index in [4.69, 9.17) is 9.94 Å². The molecule has 0 saturated carbocycles. The number of carboxylic acid groups (broad SMARTS) is 1. The van der Waals surface area contributed by atoms with Gasteiger partial charge in [0.05, 0.1) is 29.1 Å². The Bertz CT molecular complexity index is 784. The molecule has 1 aliphatic heterocycles. The first-order valence-corrected chi connectivity index (χ1v) is 6.72. The van der Waals surface area contributed by atoms with E-state index in [1.54, 1.807) is 11.5 Å². The van der Waals surface area contributed by atoms with Gasteiger partial charge in [-0.25, -0.2) is 5.48 Å². The maximum atomic E-state index is 12.8. The number of aliphatic carboxylic acids is 1. The second-order valence-corrected chi connectivity index (χ2v) is 5.09. The fourth-order valence-electron chi connectivity index (χ4n) is 2.42. The summed E-state index contributed by atoms with van der Waals surface area (Å²) in [5, 5.41) is 8.75. The fraction of sp³-hybridized carbons (Fsp3) is 0.286. The highest BCUT2D eigenvalue weighted by Crippen LogP contribution is 2.37. The van der Waals surface area contributed by atoms with Crippen LogP contribution in [-0.2, 0) is 17.4 Å². The topological polar surface area (TPSA) is 76.4 Å². The Morgan fingerprint density at radius 3 is 2.83 bits per heavy atom. The summed E-state index contributed by atoms with van der Waals surface area (Å²) < 4.78 is 39.9. The predicted molar refractivity (Wildman–Crippen MR) is 73.5 cm³/mol. The second kappa shape index (κ2) is 5.18. The van der Waals surface area contributed by atoms with Crippen molar-refractivity contribution in [3.05, 3.63) is 35.2 Å². The number of hydrogen-bond donors (Lipinski definition) is 2. The lowest BCUT2D eigenvalue weighted by molar-refractivity contribution is -0.138. The predicted octanol–water partition coefficient (Wildman–Crippen LogP) is 2.94. The van der Waals surface area contributed by atoms with Gasteiger partial charge < -0.3 is 9.94 Å². The van der Waals surface area contributed by atoms with E-state index in [9.17, 15) is 18.0 Å². The van der Waals surface area contributed by atoms with E-state index >= 15 is 0 Å². The van der Waals surface area contributed by atoms with Crippen LogP contribution in [0, 0.1) is 6.92 Å². The standard InChI is InChI=1S/C14H12F3N3O3/c1-7-9(3-5-12(21)22)18-13-20(7)11-4-2-8(14(15,16)17)6-10(11)19-23-13/h2,4,6,19H,3,5H2,1H3,(H,21,22). The third-order valence-electron chi connectivity index (χ3n) is 3.57. The molecule has 2 N–H and O–H groups in total. The largest absolute Gasteiger partial charge is 0.481 e. The summed E-state index contributed by atoms with van der Waals surface area (Å²) in [5.74, 6) is -0.954. The van der Waals surface area contributed by atoms with Crippen molar-refractivity contribution in [1.82, 2.24) is 9.55 Å². The first-order valence-electron chi connectivity index (χ1n) is 6.72. The van der Waals surface area contributed by atoms with E-state index in [0.717, 1.165) is 12.1 Å². The van der Waals surface area contributed by atoms with Crippen LogP contribution in [0.4, 0.5) is 18.9 Å². The molecule has 0 bridgehead atoms. The van der Waals surface area contributed by atoms with Crippen molar-refractivity contribution >= 4 is 11.7 Å². The molecule has 1 aliphatic rings. The number of rotatable bonds is 3. The zero-order valence-electron chi connectivity index (χ0n) is 11.9. The lowest BCUT2D eigenvalue weighted by atomic mass is 10.1. The van der Waals surface area contributed by atoms with E-state index < -0.39 is 17.7 Å². The van der Waals surface area contributed by atoms with Crippen molar-refractivity contribution in [3.8, 4) is 11.7 Å². The van der Waals surface area contributed by atoms with Crippen LogP contribution in [0.15, 0.2) is 18.2 Å². The summed E-state index contributed by atoms with van der Waals surface area (Å²) in [5.41, 5.74) is 3.43. The van der Waals surface area contributed by atoms with Gasteiger partial charge in [-0.2, -0.15) is 18.2 Å². The number of aromatic nitrogens is 2. The van der Waals surface area contributed by atoms with E-state index in [1.807, 2.05) is 0 Å². The first-order chi connectivity index (χ1) is 10.8. The van der Waals surface area contributed by atoms with E-state index in [1.165, 1.54) is 6.07 Å². The van der Waals surface area contributed by atoms with Crippen molar-refractivity contribution < 1.29 is 27.9 Å². The Morgan fingerprint density at radius 1 is 1.43 bits per heavy atom. The van der Waals surface area contributed by atoms with Gasteiger partial charge in [-0.3, -0.25) is 9.36 Å². The van der Waals surface area contributed by atoms with Gasteiger partial charge in [0.2, 0.25) is 0 Å². The fourth-order valence-corrected chi connectivity index (χ4v) is 2.42. The molecule has 23 heavy (non-hydrogen) atoms. The number of nitrogens with zero attached hydrogens (tertiary/aromatic N) is 2. The lowest BCUT2D eigenvalue weighted by Gasteiger charge is -2.21. The Morgan fingerprint density at radius 2 is 2.17 bits per heavy atom. The van der Waals surface area contributed by atoms with Crippen LogP contribution in [-0.4, -0.2) is 20.6 Å². The van der Waals surface area contributed by atoms with Gasteiger partial charge in [-0.15, -0.1) is 0 Å². The number of imidazole rings is 1. The maximum Gasteiger partial charge on any atom is 0.416 e. The highest BCUT2D eigenvalue weighted by atomic mass is 19.4. The summed E-state index contributed by atoms with van der Waals surface area (Å²) in [6, 6.07) is 3.42. The SMILES string of the molecule is Cc1c(CCC(=O)O)nc2n1-c1ccc(C(F)(F)F)cc1NO2. The number of halogens is 3. The highest BCUT2D eigenvalue weighted by Gasteiger charge is 2.32.